The fourth-order valence-electron chi connectivity index (χ4n) is 4.27. The number of benzene rings is 3. The fraction of sp³-hybridized carbons (Fsp3) is 0.214. The molecule has 1 amide bonds. The molecule has 0 radical (unpaired) electrons. The number of para-hydroxylation sites is 1. The highest BCUT2D eigenvalue weighted by Gasteiger charge is 2.19. The molecule has 1 heterocycles. The van der Waals surface area contributed by atoms with Gasteiger partial charge in [-0.05, 0) is 49.7 Å². The Kier molecular flexibility index (Phi) is 6.61. The third kappa shape index (κ3) is 4.57. The van der Waals surface area contributed by atoms with Crippen LogP contribution in [0, 0.1) is 6.92 Å². The fourth-order valence-corrected chi connectivity index (χ4v) is 4.27. The summed E-state index contributed by atoms with van der Waals surface area (Å²) in [5.74, 6) is -0.661. The van der Waals surface area contributed by atoms with Gasteiger partial charge in [-0.15, -0.1) is 0 Å². The van der Waals surface area contributed by atoms with Gasteiger partial charge in [0.05, 0.1) is 22.5 Å². The lowest BCUT2D eigenvalue weighted by molar-refractivity contribution is 0.0697. The molecule has 1 atom stereocenters. The number of carbonyl (C=O) groups excluding carboxylic acids is 1. The summed E-state index contributed by atoms with van der Waals surface area (Å²) in [5, 5.41) is 13.3. The molecule has 0 saturated heterocycles. The predicted octanol–water partition coefficient (Wildman–Crippen LogP) is 4.48. The van der Waals surface area contributed by atoms with E-state index in [-0.39, 0.29) is 23.1 Å². The third-order valence-electron chi connectivity index (χ3n) is 6.15. The van der Waals surface area contributed by atoms with E-state index in [1.165, 1.54) is 9.47 Å². The maximum Gasteiger partial charge on any atom is 0.337 e. The number of amides is 1. The van der Waals surface area contributed by atoms with Crippen molar-refractivity contribution in [3.8, 4) is 11.4 Å². The molecular weight excluding hydrogens is 456 g/mol. The van der Waals surface area contributed by atoms with Crippen molar-refractivity contribution in [2.75, 3.05) is 19.4 Å². The number of aryl methyl sites for hydroxylation is 1. The number of rotatable bonds is 6. The van der Waals surface area contributed by atoms with E-state index < -0.39 is 5.97 Å². The van der Waals surface area contributed by atoms with E-state index in [0.29, 0.717) is 33.5 Å². The summed E-state index contributed by atoms with van der Waals surface area (Å²) in [7, 11) is 5.06. The highest BCUT2D eigenvalue weighted by Crippen LogP contribution is 2.29. The molecule has 8 nitrogen and oxygen atoms in total. The lowest BCUT2D eigenvalue weighted by Crippen LogP contribution is -2.22. The number of nitrogens with one attached hydrogen (secondary N) is 1. The number of carboxylic acid groups (broad SMARTS) is 1. The summed E-state index contributed by atoms with van der Waals surface area (Å²) in [6.45, 7) is 3.82. The molecule has 3 aromatic carbocycles. The Labute approximate surface area is 208 Å². The van der Waals surface area contributed by atoms with Crippen LogP contribution in [0.4, 0.5) is 5.69 Å². The minimum absolute atomic E-state index is 0.110. The first-order valence-corrected chi connectivity index (χ1v) is 11.5. The monoisotopic (exact) mass is 484 g/mol. The second kappa shape index (κ2) is 9.65. The zero-order valence-corrected chi connectivity index (χ0v) is 20.9. The molecule has 0 fully saturated rings. The zero-order chi connectivity index (χ0) is 26.1. The number of hydrogen-bond acceptors (Lipinski definition) is 5. The van der Waals surface area contributed by atoms with Crippen molar-refractivity contribution in [2.45, 2.75) is 19.9 Å². The van der Waals surface area contributed by atoms with E-state index in [1.54, 1.807) is 69.7 Å². The quantitative estimate of drug-likeness (QED) is 0.418. The summed E-state index contributed by atoms with van der Waals surface area (Å²) in [6, 6.07) is 17.1. The maximum absolute atomic E-state index is 13.4. The molecule has 0 aliphatic rings. The van der Waals surface area contributed by atoms with Crippen molar-refractivity contribution in [2.24, 2.45) is 7.05 Å². The molecule has 36 heavy (non-hydrogen) atoms. The summed E-state index contributed by atoms with van der Waals surface area (Å²) >= 11 is 0. The van der Waals surface area contributed by atoms with Gasteiger partial charge in [-0.1, -0.05) is 30.3 Å². The zero-order valence-electron chi connectivity index (χ0n) is 20.9. The largest absolute Gasteiger partial charge is 0.478 e. The van der Waals surface area contributed by atoms with Crippen LogP contribution in [0.5, 0.6) is 0 Å². The Bertz CT molecular complexity index is 1540. The van der Waals surface area contributed by atoms with Gasteiger partial charge in [0.25, 0.3) is 11.5 Å². The van der Waals surface area contributed by atoms with E-state index >= 15 is 0 Å². The standard InChI is InChI=1S/C28H28N4O4/c1-16-14-21(17(2)29-23-9-7-6-8-20(23)28(35)36)24-22(15-16)27(34)32(5)25(30-24)18-10-12-19(13-11-18)26(33)31(3)4/h6-15,17,29H,1-5H3,(H,35,36)/t17-/m1/s1. The molecule has 4 rings (SSSR count). The molecule has 0 unspecified atom stereocenters. The lowest BCUT2D eigenvalue weighted by Gasteiger charge is -2.20. The van der Waals surface area contributed by atoms with Crippen LogP contribution in [0.3, 0.4) is 0 Å². The van der Waals surface area contributed by atoms with Gasteiger partial charge in [-0.25, -0.2) is 9.78 Å². The minimum Gasteiger partial charge on any atom is -0.478 e. The molecule has 0 spiro atoms. The van der Waals surface area contributed by atoms with Crippen LogP contribution < -0.4 is 10.9 Å². The topological polar surface area (TPSA) is 105 Å². The lowest BCUT2D eigenvalue weighted by atomic mass is 10.00. The first kappa shape index (κ1) is 24.7. The van der Waals surface area contributed by atoms with Crippen molar-refractivity contribution in [1.82, 2.24) is 14.5 Å². The Morgan fingerprint density at radius 3 is 2.36 bits per heavy atom. The van der Waals surface area contributed by atoms with Crippen molar-refractivity contribution < 1.29 is 14.7 Å². The van der Waals surface area contributed by atoms with Gasteiger partial charge in [-0.2, -0.15) is 0 Å². The average Bonchev–Trinajstić information content (AvgIpc) is 2.85. The van der Waals surface area contributed by atoms with Gasteiger partial charge in [0.15, 0.2) is 0 Å². The van der Waals surface area contributed by atoms with Crippen molar-refractivity contribution in [3.63, 3.8) is 0 Å². The SMILES string of the molecule is Cc1cc([C@@H](C)Nc2ccccc2C(=O)O)c2nc(-c3ccc(C(=O)N(C)C)cc3)n(C)c(=O)c2c1. The molecule has 0 aliphatic carbocycles. The smallest absolute Gasteiger partial charge is 0.337 e. The molecule has 0 bridgehead atoms. The number of nitrogens with zero attached hydrogens (tertiary/aromatic N) is 3. The summed E-state index contributed by atoms with van der Waals surface area (Å²) in [4.78, 5) is 43.7. The van der Waals surface area contributed by atoms with Crippen LogP contribution in [-0.4, -0.2) is 45.5 Å². The second-order valence-corrected chi connectivity index (χ2v) is 9.04. The normalized spacial score (nSPS) is 11.8. The van der Waals surface area contributed by atoms with Crippen LogP contribution in [0.1, 0.15) is 44.8 Å². The van der Waals surface area contributed by atoms with Crippen LogP contribution in [0.2, 0.25) is 0 Å². The van der Waals surface area contributed by atoms with E-state index in [9.17, 15) is 19.5 Å². The van der Waals surface area contributed by atoms with E-state index in [1.807, 2.05) is 26.0 Å². The second-order valence-electron chi connectivity index (χ2n) is 9.04. The molecule has 4 aromatic rings. The summed E-state index contributed by atoms with van der Waals surface area (Å²) < 4.78 is 1.51. The van der Waals surface area contributed by atoms with Crippen molar-refractivity contribution >= 4 is 28.5 Å². The molecular formula is C28H28N4O4. The molecule has 2 N–H and O–H groups in total. The van der Waals surface area contributed by atoms with Crippen LogP contribution in [-0.2, 0) is 7.05 Å². The Morgan fingerprint density at radius 2 is 1.72 bits per heavy atom. The number of anilines is 1. The Balaban J connectivity index is 1.84. The van der Waals surface area contributed by atoms with Gasteiger partial charge in [0, 0.05) is 43.5 Å². The number of aromatic nitrogens is 2. The third-order valence-corrected chi connectivity index (χ3v) is 6.15. The van der Waals surface area contributed by atoms with Gasteiger partial charge in [-0.3, -0.25) is 14.2 Å². The number of fused-ring (bicyclic) bond motifs is 1. The van der Waals surface area contributed by atoms with Crippen LogP contribution in [0.15, 0.2) is 65.5 Å². The predicted molar refractivity (Wildman–Crippen MR) is 141 cm³/mol. The molecule has 1 aromatic heterocycles. The number of aromatic carboxylic acids is 1. The summed E-state index contributed by atoms with van der Waals surface area (Å²) in [5.41, 5.74) is 3.93. The molecule has 0 aliphatic heterocycles. The number of hydrogen-bond donors (Lipinski definition) is 2. The maximum atomic E-state index is 13.4. The Morgan fingerprint density at radius 1 is 1.06 bits per heavy atom. The summed E-state index contributed by atoms with van der Waals surface area (Å²) in [6.07, 6.45) is 0. The molecule has 8 heteroatoms. The molecule has 184 valence electrons. The first-order valence-electron chi connectivity index (χ1n) is 11.5. The van der Waals surface area contributed by atoms with Crippen molar-refractivity contribution in [3.05, 3.63) is 93.3 Å². The number of carbonyl (C=O) groups is 2. The van der Waals surface area contributed by atoms with E-state index in [2.05, 4.69) is 5.32 Å². The number of carboxylic acids is 1. The van der Waals surface area contributed by atoms with Crippen molar-refractivity contribution in [1.29, 1.82) is 0 Å². The minimum atomic E-state index is -1.02. The van der Waals surface area contributed by atoms with Crippen LogP contribution in [0.25, 0.3) is 22.3 Å². The highest BCUT2D eigenvalue weighted by molar-refractivity contribution is 5.95. The first-order chi connectivity index (χ1) is 17.1. The van der Waals surface area contributed by atoms with Gasteiger partial charge >= 0.3 is 5.97 Å². The molecule has 0 saturated carbocycles. The van der Waals surface area contributed by atoms with Gasteiger partial charge in [0.2, 0.25) is 0 Å². The highest BCUT2D eigenvalue weighted by atomic mass is 16.4. The van der Waals surface area contributed by atoms with Gasteiger partial charge in [0.1, 0.15) is 5.82 Å². The Hall–Kier alpha value is -4.46. The van der Waals surface area contributed by atoms with E-state index in [0.717, 1.165) is 11.1 Å². The van der Waals surface area contributed by atoms with Gasteiger partial charge < -0.3 is 15.3 Å². The van der Waals surface area contributed by atoms with E-state index in [4.69, 9.17) is 4.98 Å². The van der Waals surface area contributed by atoms with Crippen LogP contribution >= 0.6 is 0 Å². The average molecular weight is 485 g/mol.